The van der Waals surface area contributed by atoms with Crippen LogP contribution in [0.3, 0.4) is 0 Å². The van der Waals surface area contributed by atoms with Gasteiger partial charge in [0.2, 0.25) is 0 Å². The van der Waals surface area contributed by atoms with E-state index in [-0.39, 0.29) is 17.7 Å². The average molecular weight is 342 g/mol. The summed E-state index contributed by atoms with van der Waals surface area (Å²) in [5.41, 5.74) is 0.510. The molecule has 1 aromatic rings. The molecule has 1 rings (SSSR count). The van der Waals surface area contributed by atoms with E-state index in [2.05, 4.69) is 21.2 Å². The summed E-state index contributed by atoms with van der Waals surface area (Å²) in [6.07, 6.45) is 1.51. The number of aliphatic carboxylic acids is 1. The van der Waals surface area contributed by atoms with Gasteiger partial charge in [0, 0.05) is 17.4 Å². The zero-order valence-electron chi connectivity index (χ0n) is 11.8. The SMILES string of the molecule is CC(C)(CCNC(=O)c1ccccc1Br)CCC(=O)O. The predicted octanol–water partition coefficient (Wildman–Crippen LogP) is 3.46. The lowest BCUT2D eigenvalue weighted by molar-refractivity contribution is -0.137. The van der Waals surface area contributed by atoms with Gasteiger partial charge in [0.25, 0.3) is 5.91 Å². The number of carboxylic acid groups (broad SMARTS) is 1. The minimum atomic E-state index is -0.782. The number of rotatable bonds is 7. The Morgan fingerprint density at radius 3 is 2.50 bits per heavy atom. The highest BCUT2D eigenvalue weighted by Gasteiger charge is 2.19. The summed E-state index contributed by atoms with van der Waals surface area (Å²) < 4.78 is 0.766. The van der Waals surface area contributed by atoms with Crippen LogP contribution in [0.5, 0.6) is 0 Å². The Balaban J connectivity index is 2.42. The summed E-state index contributed by atoms with van der Waals surface area (Å²) in [5.74, 6) is -0.901. The van der Waals surface area contributed by atoms with Crippen molar-refractivity contribution in [3.63, 3.8) is 0 Å². The lowest BCUT2D eigenvalue weighted by Crippen LogP contribution is -2.28. The molecule has 2 N–H and O–H groups in total. The minimum Gasteiger partial charge on any atom is -0.481 e. The summed E-state index contributed by atoms with van der Waals surface area (Å²) in [6, 6.07) is 7.26. The van der Waals surface area contributed by atoms with Crippen LogP contribution >= 0.6 is 15.9 Å². The van der Waals surface area contributed by atoms with Crippen molar-refractivity contribution in [2.75, 3.05) is 6.54 Å². The Kier molecular flexibility index (Phi) is 6.20. The molecule has 4 nitrogen and oxygen atoms in total. The molecule has 0 aliphatic carbocycles. The first kappa shape index (κ1) is 16.7. The van der Waals surface area contributed by atoms with Crippen LogP contribution in [0.2, 0.25) is 0 Å². The van der Waals surface area contributed by atoms with Crippen LogP contribution in [0.15, 0.2) is 28.7 Å². The molecule has 20 heavy (non-hydrogen) atoms. The number of hydrogen-bond donors (Lipinski definition) is 2. The molecular formula is C15H20BrNO3. The first-order valence-corrected chi connectivity index (χ1v) is 7.36. The van der Waals surface area contributed by atoms with Crippen LogP contribution in [-0.2, 0) is 4.79 Å². The number of halogens is 1. The van der Waals surface area contributed by atoms with Crippen molar-refractivity contribution in [3.8, 4) is 0 Å². The summed E-state index contributed by atoms with van der Waals surface area (Å²) >= 11 is 3.34. The van der Waals surface area contributed by atoms with Crippen LogP contribution < -0.4 is 5.32 Å². The molecule has 0 saturated heterocycles. The number of carbonyl (C=O) groups excluding carboxylic acids is 1. The number of carbonyl (C=O) groups is 2. The third-order valence-electron chi connectivity index (χ3n) is 3.22. The van der Waals surface area contributed by atoms with E-state index in [1.165, 1.54) is 0 Å². The average Bonchev–Trinajstić information content (AvgIpc) is 2.37. The standard InChI is InChI=1S/C15H20BrNO3/c1-15(2,8-7-13(18)19)9-10-17-14(20)11-5-3-4-6-12(11)16/h3-6H,7-10H2,1-2H3,(H,17,20)(H,18,19). The second-order valence-electron chi connectivity index (χ2n) is 5.54. The Morgan fingerprint density at radius 1 is 1.25 bits per heavy atom. The van der Waals surface area contributed by atoms with Gasteiger partial charge in [0.1, 0.15) is 0 Å². The Labute approximate surface area is 127 Å². The van der Waals surface area contributed by atoms with Gasteiger partial charge in [0.05, 0.1) is 5.56 Å². The fraction of sp³-hybridized carbons (Fsp3) is 0.467. The van der Waals surface area contributed by atoms with Crippen LogP contribution in [0, 0.1) is 5.41 Å². The van der Waals surface area contributed by atoms with Crippen molar-refractivity contribution in [2.45, 2.75) is 33.1 Å². The van der Waals surface area contributed by atoms with Crippen molar-refractivity contribution in [2.24, 2.45) is 5.41 Å². The van der Waals surface area contributed by atoms with E-state index in [9.17, 15) is 9.59 Å². The Bertz CT molecular complexity index is 486. The molecule has 0 fully saturated rings. The van der Waals surface area contributed by atoms with Crippen LogP contribution in [0.1, 0.15) is 43.5 Å². The highest BCUT2D eigenvalue weighted by atomic mass is 79.9. The van der Waals surface area contributed by atoms with Crippen LogP contribution in [-0.4, -0.2) is 23.5 Å². The van der Waals surface area contributed by atoms with E-state index in [1.807, 2.05) is 32.0 Å². The van der Waals surface area contributed by atoms with E-state index in [0.717, 1.165) is 10.9 Å². The highest BCUT2D eigenvalue weighted by Crippen LogP contribution is 2.26. The molecule has 110 valence electrons. The van der Waals surface area contributed by atoms with Gasteiger partial charge < -0.3 is 10.4 Å². The fourth-order valence-corrected chi connectivity index (χ4v) is 2.29. The normalized spacial score (nSPS) is 11.2. The molecule has 0 saturated carbocycles. The molecule has 0 bridgehead atoms. The molecule has 0 aromatic heterocycles. The Hall–Kier alpha value is -1.36. The maximum Gasteiger partial charge on any atom is 0.303 e. The summed E-state index contributed by atoms with van der Waals surface area (Å²) in [5, 5.41) is 11.6. The smallest absolute Gasteiger partial charge is 0.303 e. The van der Waals surface area contributed by atoms with Crippen molar-refractivity contribution >= 4 is 27.8 Å². The van der Waals surface area contributed by atoms with E-state index in [1.54, 1.807) is 6.07 Å². The maximum atomic E-state index is 12.0. The zero-order valence-corrected chi connectivity index (χ0v) is 13.4. The molecule has 0 unspecified atom stereocenters. The van der Waals surface area contributed by atoms with E-state index < -0.39 is 5.97 Å². The topological polar surface area (TPSA) is 66.4 Å². The summed E-state index contributed by atoms with van der Waals surface area (Å²) in [6.45, 7) is 4.56. The number of carboxylic acids is 1. The van der Waals surface area contributed by atoms with Gasteiger partial charge in [-0.15, -0.1) is 0 Å². The van der Waals surface area contributed by atoms with Gasteiger partial charge in [0.15, 0.2) is 0 Å². The minimum absolute atomic E-state index is 0.0976. The number of amides is 1. The first-order chi connectivity index (χ1) is 9.32. The third-order valence-corrected chi connectivity index (χ3v) is 3.91. The molecule has 0 radical (unpaired) electrons. The maximum absolute atomic E-state index is 12.0. The van der Waals surface area contributed by atoms with Crippen LogP contribution in [0.4, 0.5) is 0 Å². The molecule has 5 heteroatoms. The second kappa shape index (κ2) is 7.43. The molecule has 0 aliphatic rings. The monoisotopic (exact) mass is 341 g/mol. The molecule has 1 aromatic carbocycles. The molecule has 0 aliphatic heterocycles. The molecule has 1 amide bonds. The zero-order chi connectivity index (χ0) is 15.2. The molecular weight excluding hydrogens is 322 g/mol. The highest BCUT2D eigenvalue weighted by molar-refractivity contribution is 9.10. The van der Waals surface area contributed by atoms with Gasteiger partial charge >= 0.3 is 5.97 Å². The summed E-state index contributed by atoms with van der Waals surface area (Å²) in [4.78, 5) is 22.6. The lowest BCUT2D eigenvalue weighted by Gasteiger charge is -2.23. The number of hydrogen-bond acceptors (Lipinski definition) is 2. The molecule has 0 spiro atoms. The molecule has 0 atom stereocenters. The van der Waals surface area contributed by atoms with Crippen molar-refractivity contribution < 1.29 is 14.7 Å². The quantitative estimate of drug-likeness (QED) is 0.797. The van der Waals surface area contributed by atoms with E-state index >= 15 is 0 Å². The van der Waals surface area contributed by atoms with Gasteiger partial charge in [-0.2, -0.15) is 0 Å². The fourth-order valence-electron chi connectivity index (χ4n) is 1.83. The van der Waals surface area contributed by atoms with Gasteiger partial charge in [-0.25, -0.2) is 0 Å². The van der Waals surface area contributed by atoms with Gasteiger partial charge in [-0.3, -0.25) is 9.59 Å². The predicted molar refractivity (Wildman–Crippen MR) is 81.7 cm³/mol. The van der Waals surface area contributed by atoms with Crippen molar-refractivity contribution in [3.05, 3.63) is 34.3 Å². The van der Waals surface area contributed by atoms with Gasteiger partial charge in [-0.1, -0.05) is 26.0 Å². The number of benzene rings is 1. The first-order valence-electron chi connectivity index (χ1n) is 6.56. The molecule has 0 heterocycles. The Morgan fingerprint density at radius 2 is 1.90 bits per heavy atom. The van der Waals surface area contributed by atoms with Gasteiger partial charge in [-0.05, 0) is 46.3 Å². The van der Waals surface area contributed by atoms with Crippen molar-refractivity contribution in [1.82, 2.24) is 5.32 Å². The number of nitrogens with one attached hydrogen (secondary N) is 1. The van der Waals surface area contributed by atoms with Crippen molar-refractivity contribution in [1.29, 1.82) is 0 Å². The van der Waals surface area contributed by atoms with E-state index in [4.69, 9.17) is 5.11 Å². The third kappa shape index (κ3) is 5.74. The van der Waals surface area contributed by atoms with E-state index in [0.29, 0.717) is 18.5 Å². The van der Waals surface area contributed by atoms with Crippen LogP contribution in [0.25, 0.3) is 0 Å². The second-order valence-corrected chi connectivity index (χ2v) is 6.40. The summed E-state index contributed by atoms with van der Waals surface area (Å²) in [7, 11) is 0. The largest absolute Gasteiger partial charge is 0.481 e. The lowest BCUT2D eigenvalue weighted by atomic mass is 9.84.